The van der Waals surface area contributed by atoms with Crippen LogP contribution in [-0.2, 0) is 17.4 Å². The lowest BCUT2D eigenvalue weighted by Gasteiger charge is -2.19. The van der Waals surface area contributed by atoms with Gasteiger partial charge in [0.1, 0.15) is 6.04 Å². The fourth-order valence-corrected chi connectivity index (χ4v) is 4.39. The SMILES string of the molecule is C=C(Nc1ccc(C(=O)N[C@@H](Cc2cccc(C(F)(F)F)c2)C(=O)Nc2ncc[nH]2)cc1N)c1cc2ccccc2cn1. The number of alkyl halides is 3. The number of benzene rings is 3. The van der Waals surface area contributed by atoms with Gasteiger partial charge in [-0.1, -0.05) is 49.0 Å². The number of nitrogens with one attached hydrogen (secondary N) is 4. The smallest absolute Gasteiger partial charge is 0.397 e. The first-order valence-electron chi connectivity index (χ1n) is 13.0. The van der Waals surface area contributed by atoms with Gasteiger partial charge >= 0.3 is 6.18 Å². The topological polar surface area (TPSA) is 138 Å². The molecule has 0 saturated heterocycles. The summed E-state index contributed by atoms with van der Waals surface area (Å²) in [4.78, 5) is 37.3. The van der Waals surface area contributed by atoms with Gasteiger partial charge in [-0.15, -0.1) is 0 Å². The van der Waals surface area contributed by atoms with Crippen molar-refractivity contribution in [2.24, 2.45) is 0 Å². The average Bonchev–Trinajstić information content (AvgIpc) is 3.50. The number of nitrogens with zero attached hydrogens (tertiary/aromatic N) is 2. The number of halogens is 3. The zero-order chi connectivity index (χ0) is 30.6. The summed E-state index contributed by atoms with van der Waals surface area (Å²) in [7, 11) is 0. The molecule has 0 radical (unpaired) electrons. The monoisotopic (exact) mass is 585 g/mol. The number of pyridine rings is 1. The van der Waals surface area contributed by atoms with Crippen molar-refractivity contribution in [1.82, 2.24) is 20.3 Å². The van der Waals surface area contributed by atoms with Crippen molar-refractivity contribution < 1.29 is 22.8 Å². The van der Waals surface area contributed by atoms with Crippen LogP contribution in [0.1, 0.15) is 27.2 Å². The summed E-state index contributed by atoms with van der Waals surface area (Å²) in [5.74, 6) is -1.21. The summed E-state index contributed by atoms with van der Waals surface area (Å²) >= 11 is 0. The minimum Gasteiger partial charge on any atom is -0.397 e. The molecule has 0 unspecified atom stereocenters. The van der Waals surface area contributed by atoms with E-state index in [0.29, 0.717) is 17.1 Å². The van der Waals surface area contributed by atoms with Gasteiger partial charge in [0.2, 0.25) is 11.9 Å². The molecule has 6 N–H and O–H groups in total. The Labute approximate surface area is 244 Å². The van der Waals surface area contributed by atoms with Crippen molar-refractivity contribution in [2.45, 2.75) is 18.6 Å². The molecule has 43 heavy (non-hydrogen) atoms. The zero-order valence-corrected chi connectivity index (χ0v) is 22.6. The predicted octanol–water partition coefficient (Wildman–Crippen LogP) is 5.62. The number of nitrogen functional groups attached to an aromatic ring is 1. The van der Waals surface area contributed by atoms with E-state index >= 15 is 0 Å². The number of aromatic amines is 1. The Morgan fingerprint density at radius 2 is 1.74 bits per heavy atom. The normalized spacial score (nSPS) is 12.0. The first kappa shape index (κ1) is 28.9. The van der Waals surface area contributed by atoms with Crippen LogP contribution in [0.3, 0.4) is 0 Å². The summed E-state index contributed by atoms with van der Waals surface area (Å²) in [5.41, 5.74) is 7.52. The van der Waals surface area contributed by atoms with Gasteiger partial charge in [-0.25, -0.2) is 4.98 Å². The molecule has 218 valence electrons. The number of fused-ring (bicyclic) bond motifs is 1. The van der Waals surface area contributed by atoms with E-state index in [1.165, 1.54) is 36.7 Å². The number of imidazole rings is 1. The number of hydrogen-bond donors (Lipinski definition) is 5. The summed E-state index contributed by atoms with van der Waals surface area (Å²) in [5, 5.41) is 10.2. The van der Waals surface area contributed by atoms with Gasteiger partial charge in [0.25, 0.3) is 5.91 Å². The molecule has 0 aliphatic rings. The second kappa shape index (κ2) is 12.1. The highest BCUT2D eigenvalue weighted by molar-refractivity contribution is 6.02. The van der Waals surface area contributed by atoms with E-state index in [-0.39, 0.29) is 29.2 Å². The maximum Gasteiger partial charge on any atom is 0.416 e. The molecule has 3 aromatic carbocycles. The first-order chi connectivity index (χ1) is 20.6. The van der Waals surface area contributed by atoms with Gasteiger partial charge in [-0.3, -0.25) is 19.9 Å². The van der Waals surface area contributed by atoms with Gasteiger partial charge in [0.15, 0.2) is 0 Å². The molecule has 0 spiro atoms. The number of carbonyl (C=O) groups excluding carboxylic acids is 2. The molecule has 2 amide bonds. The van der Waals surface area contributed by atoms with Gasteiger partial charge in [0.05, 0.1) is 28.3 Å². The molecule has 5 aromatic rings. The predicted molar refractivity (Wildman–Crippen MR) is 159 cm³/mol. The maximum atomic E-state index is 13.3. The van der Waals surface area contributed by atoms with E-state index < -0.39 is 29.6 Å². The lowest BCUT2D eigenvalue weighted by molar-refractivity contribution is -0.137. The van der Waals surface area contributed by atoms with Crippen molar-refractivity contribution in [3.8, 4) is 0 Å². The molecular formula is C31H26F3N7O2. The number of H-pyrrole nitrogens is 1. The highest BCUT2D eigenvalue weighted by Crippen LogP contribution is 2.30. The fraction of sp³-hybridized carbons (Fsp3) is 0.0968. The number of nitrogens with two attached hydrogens (primary N) is 1. The molecule has 9 nitrogen and oxygen atoms in total. The Bertz CT molecular complexity index is 1800. The Morgan fingerprint density at radius 3 is 2.47 bits per heavy atom. The lowest BCUT2D eigenvalue weighted by atomic mass is 10.0. The minimum atomic E-state index is -4.56. The maximum absolute atomic E-state index is 13.3. The number of rotatable bonds is 9. The molecule has 0 aliphatic heterocycles. The molecule has 2 heterocycles. The molecule has 2 aromatic heterocycles. The Kier molecular flexibility index (Phi) is 8.10. The van der Waals surface area contributed by atoms with Crippen LogP contribution in [0.25, 0.3) is 16.5 Å². The van der Waals surface area contributed by atoms with Crippen molar-refractivity contribution in [1.29, 1.82) is 0 Å². The third kappa shape index (κ3) is 6.99. The second-order valence-corrected chi connectivity index (χ2v) is 9.68. The average molecular weight is 586 g/mol. The Hall–Kier alpha value is -5.65. The third-order valence-electron chi connectivity index (χ3n) is 6.60. The van der Waals surface area contributed by atoms with Gasteiger partial charge in [-0.05, 0) is 41.3 Å². The third-order valence-corrected chi connectivity index (χ3v) is 6.60. The molecule has 0 saturated carbocycles. The molecule has 0 fully saturated rings. The van der Waals surface area contributed by atoms with E-state index in [4.69, 9.17) is 5.73 Å². The van der Waals surface area contributed by atoms with Crippen molar-refractivity contribution in [2.75, 3.05) is 16.4 Å². The number of hydrogen-bond acceptors (Lipinski definition) is 6. The van der Waals surface area contributed by atoms with Crippen molar-refractivity contribution in [3.63, 3.8) is 0 Å². The molecule has 5 rings (SSSR count). The molecule has 1 atom stereocenters. The van der Waals surface area contributed by atoms with E-state index in [1.54, 1.807) is 12.3 Å². The standard InChI is InChI=1S/C31H26F3N7O2/c1-18(26-16-20-6-2-3-7-22(20)17-38-26)39-25-10-9-21(15-24(25)35)28(42)40-27(29(43)41-30-36-11-12-37-30)14-19-5-4-8-23(13-19)31(32,33)34/h2-13,15-17,27,39H,1,14,35H2,(H,40,42)(H2,36,37,41,43)/t27-/m0/s1. The Morgan fingerprint density at radius 1 is 0.953 bits per heavy atom. The fourth-order valence-electron chi connectivity index (χ4n) is 4.39. The van der Waals surface area contributed by atoms with Gasteiger partial charge < -0.3 is 21.4 Å². The zero-order valence-electron chi connectivity index (χ0n) is 22.6. The Balaban J connectivity index is 1.32. The summed E-state index contributed by atoms with van der Waals surface area (Å²) in [6.07, 6.45) is -0.131. The highest BCUT2D eigenvalue weighted by atomic mass is 19.4. The lowest BCUT2D eigenvalue weighted by Crippen LogP contribution is -2.45. The van der Waals surface area contributed by atoms with E-state index in [0.717, 1.165) is 22.9 Å². The number of carbonyl (C=O) groups is 2. The second-order valence-electron chi connectivity index (χ2n) is 9.68. The van der Waals surface area contributed by atoms with Gasteiger partial charge in [0, 0.05) is 36.0 Å². The van der Waals surface area contributed by atoms with Crippen LogP contribution in [-0.4, -0.2) is 32.8 Å². The summed E-state index contributed by atoms with van der Waals surface area (Å²) in [6.45, 7) is 4.05. The summed E-state index contributed by atoms with van der Waals surface area (Å²) < 4.78 is 39.8. The van der Waals surface area contributed by atoms with E-state index in [9.17, 15) is 22.8 Å². The van der Waals surface area contributed by atoms with Gasteiger partial charge in [-0.2, -0.15) is 13.2 Å². The molecule has 0 aliphatic carbocycles. The highest BCUT2D eigenvalue weighted by Gasteiger charge is 2.31. The van der Waals surface area contributed by atoms with Crippen LogP contribution in [0.2, 0.25) is 0 Å². The first-order valence-corrected chi connectivity index (χ1v) is 13.0. The summed E-state index contributed by atoms with van der Waals surface area (Å²) in [6, 6.07) is 17.5. The molecule has 0 bridgehead atoms. The van der Waals surface area contributed by atoms with Crippen LogP contribution in [0.15, 0.2) is 98.0 Å². The van der Waals surface area contributed by atoms with Crippen LogP contribution >= 0.6 is 0 Å². The number of amides is 2. The van der Waals surface area contributed by atoms with Crippen molar-refractivity contribution in [3.05, 3.63) is 120 Å². The minimum absolute atomic E-state index is 0.120. The van der Waals surface area contributed by atoms with Crippen LogP contribution in [0, 0.1) is 0 Å². The molecule has 12 heteroatoms. The van der Waals surface area contributed by atoms with Crippen LogP contribution in [0.5, 0.6) is 0 Å². The van der Waals surface area contributed by atoms with E-state index in [2.05, 4.69) is 37.5 Å². The van der Waals surface area contributed by atoms with Crippen LogP contribution in [0.4, 0.5) is 30.5 Å². The number of anilines is 3. The largest absolute Gasteiger partial charge is 0.416 e. The van der Waals surface area contributed by atoms with E-state index in [1.807, 2.05) is 30.3 Å². The number of aromatic nitrogens is 3. The molecular weight excluding hydrogens is 559 g/mol. The quantitative estimate of drug-likeness (QED) is 0.142. The van der Waals surface area contributed by atoms with Crippen LogP contribution < -0.4 is 21.7 Å². The van der Waals surface area contributed by atoms with Crippen molar-refractivity contribution >= 4 is 45.6 Å².